The number of nitro benzene ring substituents is 1. The van der Waals surface area contributed by atoms with Crippen molar-refractivity contribution in [1.82, 2.24) is 5.32 Å². The van der Waals surface area contributed by atoms with Crippen molar-refractivity contribution in [2.75, 3.05) is 11.9 Å². The van der Waals surface area contributed by atoms with E-state index in [1.165, 1.54) is 24.3 Å². The average Bonchev–Trinajstić information content (AvgIpc) is 2.43. The van der Waals surface area contributed by atoms with E-state index in [1.807, 2.05) is 0 Å². The van der Waals surface area contributed by atoms with Gasteiger partial charge in [-0.1, -0.05) is 6.07 Å². The number of carboxylic acid groups (broad SMARTS) is 1. The van der Waals surface area contributed by atoms with Crippen molar-refractivity contribution in [3.8, 4) is 0 Å². The van der Waals surface area contributed by atoms with Gasteiger partial charge in [0.15, 0.2) is 0 Å². The summed E-state index contributed by atoms with van der Waals surface area (Å²) in [6.07, 6.45) is -0.331. The van der Waals surface area contributed by atoms with Crippen LogP contribution in [-0.2, 0) is 14.4 Å². The number of hydrogen-bond donors (Lipinski definition) is 3. The summed E-state index contributed by atoms with van der Waals surface area (Å²) in [6.45, 7) is -0.509. The van der Waals surface area contributed by atoms with Crippen LogP contribution in [0.3, 0.4) is 0 Å². The molecule has 1 aromatic rings. The molecule has 0 aliphatic rings. The highest BCUT2D eigenvalue weighted by Crippen LogP contribution is 2.17. The highest BCUT2D eigenvalue weighted by molar-refractivity contribution is 5.93. The van der Waals surface area contributed by atoms with Gasteiger partial charge in [-0.25, -0.2) is 0 Å². The van der Waals surface area contributed by atoms with Gasteiger partial charge in [0.2, 0.25) is 11.8 Å². The number of aliphatic carboxylic acids is 1. The first-order chi connectivity index (χ1) is 9.88. The molecule has 0 aliphatic heterocycles. The first-order valence-electron chi connectivity index (χ1n) is 5.91. The fraction of sp³-hybridized carbons (Fsp3) is 0.250. The van der Waals surface area contributed by atoms with Crippen LogP contribution in [0.4, 0.5) is 11.4 Å². The Morgan fingerprint density at radius 2 is 1.86 bits per heavy atom. The number of nitro groups is 1. The Kier molecular flexibility index (Phi) is 5.80. The summed E-state index contributed by atoms with van der Waals surface area (Å²) in [5.41, 5.74) is 0.0899. The van der Waals surface area contributed by atoms with Crippen LogP contribution < -0.4 is 10.6 Å². The van der Waals surface area contributed by atoms with E-state index in [1.54, 1.807) is 0 Å². The van der Waals surface area contributed by atoms with E-state index in [2.05, 4.69) is 10.6 Å². The van der Waals surface area contributed by atoms with E-state index < -0.39 is 29.3 Å². The van der Waals surface area contributed by atoms with Crippen LogP contribution in [0.15, 0.2) is 24.3 Å². The zero-order chi connectivity index (χ0) is 15.8. The number of rotatable bonds is 7. The van der Waals surface area contributed by atoms with Crippen molar-refractivity contribution in [2.24, 2.45) is 0 Å². The third-order valence-corrected chi connectivity index (χ3v) is 2.36. The summed E-state index contributed by atoms with van der Waals surface area (Å²) < 4.78 is 0. The van der Waals surface area contributed by atoms with E-state index in [9.17, 15) is 24.5 Å². The second-order valence-electron chi connectivity index (χ2n) is 4.03. The van der Waals surface area contributed by atoms with Crippen LogP contribution in [0.1, 0.15) is 12.8 Å². The van der Waals surface area contributed by atoms with Gasteiger partial charge in [0.25, 0.3) is 5.69 Å². The molecule has 0 bridgehead atoms. The standard InChI is InChI=1S/C12H13N3O6/c16-10(13-7-12(18)19)4-5-11(17)14-8-2-1-3-9(6-8)15(20)21/h1-3,6H,4-5,7H2,(H,13,16)(H,14,17)(H,18,19). The van der Waals surface area contributed by atoms with Crippen molar-refractivity contribution >= 4 is 29.2 Å². The van der Waals surface area contributed by atoms with Crippen molar-refractivity contribution in [1.29, 1.82) is 0 Å². The molecular formula is C12H13N3O6. The molecule has 0 radical (unpaired) electrons. The lowest BCUT2D eigenvalue weighted by atomic mass is 10.2. The highest BCUT2D eigenvalue weighted by atomic mass is 16.6. The first-order valence-corrected chi connectivity index (χ1v) is 5.91. The number of hydrogen-bond acceptors (Lipinski definition) is 5. The summed E-state index contributed by atoms with van der Waals surface area (Å²) >= 11 is 0. The molecule has 0 spiro atoms. The Morgan fingerprint density at radius 1 is 1.19 bits per heavy atom. The number of anilines is 1. The van der Waals surface area contributed by atoms with E-state index in [-0.39, 0.29) is 24.2 Å². The second-order valence-corrected chi connectivity index (χ2v) is 4.03. The number of nitrogens with one attached hydrogen (secondary N) is 2. The maximum absolute atomic E-state index is 11.6. The minimum absolute atomic E-state index is 0.159. The van der Waals surface area contributed by atoms with Crippen molar-refractivity contribution in [2.45, 2.75) is 12.8 Å². The summed E-state index contributed by atoms with van der Waals surface area (Å²) in [5, 5.41) is 23.5. The number of nitrogens with zero attached hydrogens (tertiary/aromatic N) is 1. The monoisotopic (exact) mass is 295 g/mol. The molecule has 112 valence electrons. The van der Waals surface area contributed by atoms with E-state index in [4.69, 9.17) is 5.11 Å². The Bertz CT molecular complexity index is 572. The molecule has 0 heterocycles. The second kappa shape index (κ2) is 7.58. The predicted molar refractivity (Wildman–Crippen MR) is 71.6 cm³/mol. The van der Waals surface area contributed by atoms with Gasteiger partial charge in [-0.15, -0.1) is 0 Å². The Hall–Kier alpha value is -2.97. The SMILES string of the molecule is O=C(O)CNC(=O)CCC(=O)Nc1cccc([N+](=O)[O-])c1. The fourth-order valence-corrected chi connectivity index (χ4v) is 1.41. The van der Waals surface area contributed by atoms with Crippen LogP contribution in [0, 0.1) is 10.1 Å². The number of carbonyl (C=O) groups is 3. The molecule has 0 saturated carbocycles. The first kappa shape index (κ1) is 16.1. The Balaban J connectivity index is 2.43. The molecule has 0 atom stereocenters. The average molecular weight is 295 g/mol. The lowest BCUT2D eigenvalue weighted by molar-refractivity contribution is -0.384. The molecule has 3 N–H and O–H groups in total. The molecule has 0 unspecified atom stereocenters. The largest absolute Gasteiger partial charge is 0.480 e. The van der Waals surface area contributed by atoms with Crippen LogP contribution in [0.5, 0.6) is 0 Å². The molecule has 9 nitrogen and oxygen atoms in total. The minimum Gasteiger partial charge on any atom is -0.480 e. The molecule has 1 rings (SSSR count). The molecule has 0 fully saturated rings. The van der Waals surface area contributed by atoms with Gasteiger partial charge >= 0.3 is 5.97 Å². The lowest BCUT2D eigenvalue weighted by Gasteiger charge is -2.05. The maximum atomic E-state index is 11.6. The van der Waals surface area contributed by atoms with Crippen LogP contribution in [0.2, 0.25) is 0 Å². The maximum Gasteiger partial charge on any atom is 0.322 e. The number of non-ortho nitro benzene ring substituents is 1. The summed E-state index contributed by atoms with van der Waals surface area (Å²) in [6, 6.07) is 5.39. The zero-order valence-electron chi connectivity index (χ0n) is 10.9. The summed E-state index contributed by atoms with van der Waals surface area (Å²) in [7, 11) is 0. The fourth-order valence-electron chi connectivity index (χ4n) is 1.41. The quantitative estimate of drug-likeness (QED) is 0.495. The van der Waals surface area contributed by atoms with Crippen LogP contribution in [-0.4, -0.2) is 34.4 Å². The molecule has 9 heteroatoms. The Morgan fingerprint density at radius 3 is 2.48 bits per heavy atom. The zero-order valence-corrected chi connectivity index (χ0v) is 10.9. The molecule has 21 heavy (non-hydrogen) atoms. The topological polar surface area (TPSA) is 139 Å². The smallest absolute Gasteiger partial charge is 0.322 e. The molecule has 0 saturated heterocycles. The predicted octanol–water partition coefficient (Wildman–Crippen LogP) is 0.514. The number of amides is 2. The van der Waals surface area contributed by atoms with Crippen LogP contribution in [0.25, 0.3) is 0 Å². The molecule has 0 aliphatic carbocycles. The van der Waals surface area contributed by atoms with Gasteiger partial charge in [0.1, 0.15) is 6.54 Å². The summed E-state index contributed by atoms with van der Waals surface area (Å²) in [4.78, 5) is 43.0. The normalized spacial score (nSPS) is 9.71. The van der Waals surface area contributed by atoms with Crippen molar-refractivity contribution in [3.05, 3.63) is 34.4 Å². The third kappa shape index (κ3) is 6.14. The van der Waals surface area contributed by atoms with E-state index in [0.717, 1.165) is 0 Å². The van der Waals surface area contributed by atoms with Gasteiger partial charge in [-0.2, -0.15) is 0 Å². The van der Waals surface area contributed by atoms with Crippen molar-refractivity contribution in [3.63, 3.8) is 0 Å². The molecule has 2 amide bonds. The van der Waals surface area contributed by atoms with Gasteiger partial charge < -0.3 is 15.7 Å². The lowest BCUT2D eigenvalue weighted by Crippen LogP contribution is -2.29. The number of carboxylic acids is 1. The van der Waals surface area contributed by atoms with Gasteiger partial charge in [-0.3, -0.25) is 24.5 Å². The van der Waals surface area contributed by atoms with Gasteiger partial charge in [-0.05, 0) is 6.07 Å². The Labute approximate surface area is 119 Å². The third-order valence-electron chi connectivity index (χ3n) is 2.36. The van der Waals surface area contributed by atoms with E-state index >= 15 is 0 Å². The number of benzene rings is 1. The summed E-state index contributed by atoms with van der Waals surface area (Å²) in [5.74, 6) is -2.24. The van der Waals surface area contributed by atoms with E-state index in [0.29, 0.717) is 0 Å². The molecular weight excluding hydrogens is 282 g/mol. The highest BCUT2D eigenvalue weighted by Gasteiger charge is 2.10. The molecule has 0 aromatic heterocycles. The van der Waals surface area contributed by atoms with Gasteiger partial charge in [0, 0.05) is 30.7 Å². The molecule has 1 aromatic carbocycles. The minimum atomic E-state index is -1.18. The van der Waals surface area contributed by atoms with Gasteiger partial charge in [0.05, 0.1) is 4.92 Å². The van der Waals surface area contributed by atoms with Crippen LogP contribution >= 0.6 is 0 Å². The number of carbonyl (C=O) groups excluding carboxylic acids is 2. The van der Waals surface area contributed by atoms with Crippen molar-refractivity contribution < 1.29 is 24.4 Å².